The van der Waals surface area contributed by atoms with Gasteiger partial charge < -0.3 is 15.2 Å². The Morgan fingerprint density at radius 3 is 1.90 bits per heavy atom. The summed E-state index contributed by atoms with van der Waals surface area (Å²) in [5, 5.41) is 13.5. The molecule has 2 N–H and O–H groups in total. The predicted octanol–water partition coefficient (Wildman–Crippen LogP) is 3.77. The van der Waals surface area contributed by atoms with E-state index in [0.717, 1.165) is 16.7 Å². The molecule has 0 radical (unpaired) electrons. The molecule has 1 aromatic carbocycles. The maximum atomic E-state index is 11.3. The van der Waals surface area contributed by atoms with Crippen molar-refractivity contribution < 1.29 is 14.6 Å². The Balaban J connectivity index is 2.59. The minimum absolute atomic E-state index is 0.153. The van der Waals surface area contributed by atoms with E-state index in [4.69, 9.17) is 4.74 Å². The fourth-order valence-electron chi connectivity index (χ4n) is 2.57. The van der Waals surface area contributed by atoms with Crippen molar-refractivity contribution in [3.05, 3.63) is 28.8 Å². The van der Waals surface area contributed by atoms with Crippen LogP contribution in [0.4, 0.5) is 4.79 Å². The third kappa shape index (κ3) is 3.14. The summed E-state index contributed by atoms with van der Waals surface area (Å²) in [5.74, 6) is 0.351. The van der Waals surface area contributed by atoms with Crippen LogP contribution in [0.15, 0.2) is 12.1 Å². The van der Waals surface area contributed by atoms with Gasteiger partial charge in [-0.25, -0.2) is 4.79 Å². The van der Waals surface area contributed by atoms with Gasteiger partial charge in [-0.05, 0) is 39.7 Å². The molecular formula is C17H25NO3. The molecule has 116 valence electrons. The fourth-order valence-corrected chi connectivity index (χ4v) is 2.57. The van der Waals surface area contributed by atoms with Gasteiger partial charge in [0.2, 0.25) is 0 Å². The highest BCUT2D eigenvalue weighted by Crippen LogP contribution is 2.41. The van der Waals surface area contributed by atoms with Gasteiger partial charge in [-0.15, -0.1) is 0 Å². The maximum absolute atomic E-state index is 11.3. The number of phenolic OH excluding ortho intramolecular Hbond substituents is 1. The van der Waals surface area contributed by atoms with Crippen LogP contribution >= 0.6 is 0 Å². The minimum atomic E-state index is -0.386. The van der Waals surface area contributed by atoms with E-state index in [1.165, 1.54) is 0 Å². The molecule has 1 heterocycles. The summed E-state index contributed by atoms with van der Waals surface area (Å²) in [4.78, 5) is 11.3. The molecule has 1 atom stereocenters. The maximum Gasteiger partial charge on any atom is 0.407 e. The Morgan fingerprint density at radius 1 is 1.10 bits per heavy atom. The summed E-state index contributed by atoms with van der Waals surface area (Å²) < 4.78 is 4.99. The van der Waals surface area contributed by atoms with E-state index in [9.17, 15) is 9.90 Å². The third-order valence-corrected chi connectivity index (χ3v) is 3.82. The van der Waals surface area contributed by atoms with E-state index in [0.29, 0.717) is 12.4 Å². The van der Waals surface area contributed by atoms with Gasteiger partial charge in [-0.2, -0.15) is 0 Å². The molecule has 1 aliphatic rings. The number of carbonyl (C=O) groups excluding carboxylic acids is 1. The van der Waals surface area contributed by atoms with Crippen LogP contribution in [0.5, 0.6) is 5.75 Å². The quantitative estimate of drug-likeness (QED) is 0.828. The number of benzene rings is 1. The van der Waals surface area contributed by atoms with Gasteiger partial charge in [0.05, 0.1) is 6.04 Å². The molecule has 0 aliphatic carbocycles. The first-order valence-electron chi connectivity index (χ1n) is 7.31. The Hall–Kier alpha value is -1.71. The monoisotopic (exact) mass is 291 g/mol. The van der Waals surface area contributed by atoms with Crippen LogP contribution < -0.4 is 5.32 Å². The topological polar surface area (TPSA) is 58.6 Å². The van der Waals surface area contributed by atoms with Crippen molar-refractivity contribution in [1.29, 1.82) is 0 Å². The second kappa shape index (κ2) is 4.93. The molecule has 1 fully saturated rings. The van der Waals surface area contributed by atoms with E-state index >= 15 is 0 Å². The molecule has 4 nitrogen and oxygen atoms in total. The largest absolute Gasteiger partial charge is 0.507 e. The number of aromatic hydroxyl groups is 1. The van der Waals surface area contributed by atoms with E-state index in [1.807, 2.05) is 12.1 Å². The number of carbonyl (C=O) groups is 1. The standard InChI is InChI=1S/C17H25NO3/c1-16(2,3)11-7-10(13-9-21-15(20)18-13)8-12(14(11)19)17(4,5)6/h7-8,13,19H,9H2,1-6H3,(H,18,20)/t13-/m1/s1. The zero-order chi connectivity index (χ0) is 16.0. The van der Waals surface area contributed by atoms with Crippen LogP contribution in [0.2, 0.25) is 0 Å². The summed E-state index contributed by atoms with van der Waals surface area (Å²) in [6.45, 7) is 12.8. The van der Waals surface area contributed by atoms with Gasteiger partial charge >= 0.3 is 6.09 Å². The highest BCUT2D eigenvalue weighted by atomic mass is 16.6. The zero-order valence-electron chi connectivity index (χ0n) is 13.7. The number of phenols is 1. The van der Waals surface area contributed by atoms with Crippen LogP contribution in [0.1, 0.15) is 64.3 Å². The second-order valence-corrected chi connectivity index (χ2v) is 7.76. The lowest BCUT2D eigenvalue weighted by molar-refractivity contribution is 0.177. The molecule has 4 heteroatoms. The van der Waals surface area contributed by atoms with Gasteiger partial charge in [0.25, 0.3) is 0 Å². The summed E-state index contributed by atoms with van der Waals surface area (Å²) in [6, 6.07) is 3.80. The van der Waals surface area contributed by atoms with E-state index < -0.39 is 0 Å². The lowest BCUT2D eigenvalue weighted by atomic mass is 9.78. The highest BCUT2D eigenvalue weighted by Gasteiger charge is 2.30. The number of hydrogen-bond donors (Lipinski definition) is 2. The van der Waals surface area contributed by atoms with E-state index in [1.54, 1.807) is 0 Å². The molecule has 2 rings (SSSR count). The molecule has 0 saturated carbocycles. The summed E-state index contributed by atoms with van der Waals surface area (Å²) in [5.41, 5.74) is 2.42. The Bertz CT molecular complexity index is 529. The van der Waals surface area contributed by atoms with Crippen molar-refractivity contribution in [3.63, 3.8) is 0 Å². The second-order valence-electron chi connectivity index (χ2n) is 7.76. The molecule has 21 heavy (non-hydrogen) atoms. The van der Waals surface area contributed by atoms with E-state index in [-0.39, 0.29) is 23.0 Å². The van der Waals surface area contributed by atoms with Crippen molar-refractivity contribution in [2.24, 2.45) is 0 Å². The van der Waals surface area contributed by atoms with Crippen LogP contribution in [0, 0.1) is 0 Å². The molecule has 1 saturated heterocycles. The van der Waals surface area contributed by atoms with Crippen LogP contribution in [-0.2, 0) is 15.6 Å². The number of nitrogens with one attached hydrogen (secondary N) is 1. The van der Waals surface area contributed by atoms with Crippen LogP contribution in [-0.4, -0.2) is 17.8 Å². The minimum Gasteiger partial charge on any atom is -0.507 e. The molecule has 0 bridgehead atoms. The summed E-state index contributed by atoms with van der Waals surface area (Å²) >= 11 is 0. The third-order valence-electron chi connectivity index (χ3n) is 3.82. The first kappa shape index (κ1) is 15.7. The predicted molar refractivity (Wildman–Crippen MR) is 82.7 cm³/mol. The zero-order valence-corrected chi connectivity index (χ0v) is 13.7. The SMILES string of the molecule is CC(C)(C)c1cc([C@H]2COC(=O)N2)cc(C(C)(C)C)c1O. The number of alkyl carbamates (subject to hydrolysis) is 1. The van der Waals surface area contributed by atoms with Gasteiger partial charge in [0.15, 0.2) is 0 Å². The normalized spacial score (nSPS) is 19.3. The highest BCUT2D eigenvalue weighted by molar-refractivity contribution is 5.70. The molecule has 1 amide bonds. The Labute approximate surface area is 126 Å². The Kier molecular flexibility index (Phi) is 3.68. The molecular weight excluding hydrogens is 266 g/mol. The average Bonchev–Trinajstić information content (AvgIpc) is 2.73. The van der Waals surface area contributed by atoms with E-state index in [2.05, 4.69) is 46.9 Å². The van der Waals surface area contributed by atoms with Crippen molar-refractivity contribution in [3.8, 4) is 5.75 Å². The van der Waals surface area contributed by atoms with Gasteiger partial charge in [-0.3, -0.25) is 0 Å². The van der Waals surface area contributed by atoms with Crippen molar-refractivity contribution in [2.45, 2.75) is 58.4 Å². The smallest absolute Gasteiger partial charge is 0.407 e. The summed E-state index contributed by atoms with van der Waals surface area (Å²) in [6.07, 6.45) is -0.386. The number of rotatable bonds is 1. The number of ether oxygens (including phenoxy) is 1. The molecule has 1 aromatic rings. The molecule has 0 spiro atoms. The van der Waals surface area contributed by atoms with Gasteiger partial charge in [0.1, 0.15) is 12.4 Å². The van der Waals surface area contributed by atoms with Crippen LogP contribution in [0.3, 0.4) is 0 Å². The number of cyclic esters (lactones) is 1. The lowest BCUT2D eigenvalue weighted by Crippen LogP contribution is -2.22. The Morgan fingerprint density at radius 2 is 1.57 bits per heavy atom. The lowest BCUT2D eigenvalue weighted by Gasteiger charge is -2.29. The first-order valence-corrected chi connectivity index (χ1v) is 7.31. The number of amides is 1. The van der Waals surface area contributed by atoms with Gasteiger partial charge in [0, 0.05) is 0 Å². The van der Waals surface area contributed by atoms with Crippen LogP contribution in [0.25, 0.3) is 0 Å². The summed E-state index contributed by atoms with van der Waals surface area (Å²) in [7, 11) is 0. The number of hydrogen-bond acceptors (Lipinski definition) is 3. The fraction of sp³-hybridized carbons (Fsp3) is 0.588. The first-order chi connectivity index (χ1) is 9.50. The van der Waals surface area contributed by atoms with Crippen molar-refractivity contribution >= 4 is 6.09 Å². The molecule has 0 unspecified atom stereocenters. The average molecular weight is 291 g/mol. The molecule has 1 aliphatic heterocycles. The molecule has 0 aromatic heterocycles. The van der Waals surface area contributed by atoms with Crippen molar-refractivity contribution in [1.82, 2.24) is 5.32 Å². The van der Waals surface area contributed by atoms with Gasteiger partial charge in [-0.1, -0.05) is 41.5 Å². The van der Waals surface area contributed by atoms with Crippen molar-refractivity contribution in [2.75, 3.05) is 6.61 Å².